The molecule has 6 heteroatoms. The third kappa shape index (κ3) is 3.80. The van der Waals surface area contributed by atoms with Crippen LogP contribution in [-0.4, -0.2) is 23.2 Å². The zero-order valence-corrected chi connectivity index (χ0v) is 13.6. The zero-order valence-electron chi connectivity index (χ0n) is 13.6. The Hall–Kier alpha value is -3.28. The van der Waals surface area contributed by atoms with Crippen molar-refractivity contribution < 1.29 is 9.47 Å². The molecule has 0 atom stereocenters. The van der Waals surface area contributed by atoms with Crippen molar-refractivity contribution in [3.05, 3.63) is 66.5 Å². The molecule has 25 heavy (non-hydrogen) atoms. The van der Waals surface area contributed by atoms with Gasteiger partial charge in [-0.2, -0.15) is 0 Å². The summed E-state index contributed by atoms with van der Waals surface area (Å²) in [6.07, 6.45) is 1.54. The lowest BCUT2D eigenvalue weighted by molar-refractivity contribution is 0.171. The molecule has 0 radical (unpaired) electrons. The largest absolute Gasteiger partial charge is 0.486 e. The maximum absolute atomic E-state index is 5.60. The van der Waals surface area contributed by atoms with Crippen molar-refractivity contribution in [2.75, 3.05) is 23.8 Å². The van der Waals surface area contributed by atoms with Gasteiger partial charge < -0.3 is 20.1 Å². The van der Waals surface area contributed by atoms with Gasteiger partial charge >= 0.3 is 0 Å². The van der Waals surface area contributed by atoms with Crippen LogP contribution < -0.4 is 20.1 Å². The smallest absolute Gasteiger partial charge is 0.163 e. The molecular weight excluding hydrogens is 316 g/mol. The van der Waals surface area contributed by atoms with E-state index >= 15 is 0 Å². The Morgan fingerprint density at radius 2 is 1.64 bits per heavy atom. The van der Waals surface area contributed by atoms with Gasteiger partial charge in [-0.3, -0.25) is 0 Å². The van der Waals surface area contributed by atoms with Crippen LogP contribution in [0.5, 0.6) is 11.5 Å². The van der Waals surface area contributed by atoms with E-state index in [2.05, 4.69) is 32.7 Å². The molecule has 1 aliphatic rings. The number of nitrogens with one attached hydrogen (secondary N) is 2. The molecule has 2 aromatic carbocycles. The Kier molecular flexibility index (Phi) is 4.33. The summed E-state index contributed by atoms with van der Waals surface area (Å²) in [7, 11) is 0. The third-order valence-electron chi connectivity index (χ3n) is 3.80. The summed E-state index contributed by atoms with van der Waals surface area (Å²) in [6, 6.07) is 17.8. The molecule has 0 saturated carbocycles. The number of hydrogen-bond donors (Lipinski definition) is 2. The van der Waals surface area contributed by atoms with Crippen LogP contribution in [0.1, 0.15) is 5.56 Å². The van der Waals surface area contributed by atoms with Gasteiger partial charge in [0.15, 0.2) is 11.5 Å². The van der Waals surface area contributed by atoms with Crippen molar-refractivity contribution in [3.63, 3.8) is 0 Å². The van der Waals surface area contributed by atoms with Gasteiger partial charge in [-0.1, -0.05) is 30.3 Å². The topological polar surface area (TPSA) is 68.3 Å². The maximum Gasteiger partial charge on any atom is 0.163 e. The molecule has 0 amide bonds. The lowest BCUT2D eigenvalue weighted by Gasteiger charge is -2.19. The fraction of sp³-hybridized carbons (Fsp3) is 0.158. The van der Waals surface area contributed by atoms with Gasteiger partial charge in [-0.05, 0) is 17.7 Å². The Labute approximate surface area is 145 Å². The average Bonchev–Trinajstić information content (AvgIpc) is 2.67. The molecule has 126 valence electrons. The lowest BCUT2D eigenvalue weighted by atomic mass is 10.2. The summed E-state index contributed by atoms with van der Waals surface area (Å²) in [6.45, 7) is 1.86. The van der Waals surface area contributed by atoms with Crippen LogP contribution in [0.4, 0.5) is 17.3 Å². The molecule has 1 aliphatic heterocycles. The first-order valence-electron chi connectivity index (χ1n) is 8.13. The van der Waals surface area contributed by atoms with E-state index in [1.54, 1.807) is 0 Å². The number of rotatable bonds is 5. The molecule has 0 fully saturated rings. The minimum Gasteiger partial charge on any atom is -0.486 e. The quantitative estimate of drug-likeness (QED) is 0.743. The van der Waals surface area contributed by atoms with E-state index in [1.165, 1.54) is 11.9 Å². The van der Waals surface area contributed by atoms with Crippen molar-refractivity contribution in [2.24, 2.45) is 0 Å². The second kappa shape index (κ2) is 7.09. The van der Waals surface area contributed by atoms with Crippen LogP contribution in [0.15, 0.2) is 60.9 Å². The maximum atomic E-state index is 5.60. The molecule has 2 heterocycles. The zero-order chi connectivity index (χ0) is 16.9. The third-order valence-corrected chi connectivity index (χ3v) is 3.80. The molecule has 3 aromatic rings. The number of ether oxygens (including phenoxy) is 2. The molecule has 0 bridgehead atoms. The monoisotopic (exact) mass is 334 g/mol. The summed E-state index contributed by atoms with van der Waals surface area (Å²) >= 11 is 0. The van der Waals surface area contributed by atoms with Gasteiger partial charge in [-0.25, -0.2) is 9.97 Å². The van der Waals surface area contributed by atoms with Gasteiger partial charge in [-0.15, -0.1) is 0 Å². The van der Waals surface area contributed by atoms with Crippen molar-refractivity contribution >= 4 is 17.3 Å². The molecule has 0 spiro atoms. The van der Waals surface area contributed by atoms with Crippen molar-refractivity contribution in [1.29, 1.82) is 0 Å². The van der Waals surface area contributed by atoms with Crippen LogP contribution in [0.25, 0.3) is 0 Å². The minimum absolute atomic E-state index is 0.567. The minimum atomic E-state index is 0.567. The number of nitrogens with zero attached hydrogens (tertiary/aromatic N) is 2. The number of aromatic nitrogens is 2. The molecule has 0 aliphatic carbocycles. The summed E-state index contributed by atoms with van der Waals surface area (Å²) in [5, 5.41) is 6.57. The number of fused-ring (bicyclic) bond motifs is 1. The van der Waals surface area contributed by atoms with E-state index in [1.807, 2.05) is 42.5 Å². The van der Waals surface area contributed by atoms with E-state index in [0.717, 1.165) is 23.0 Å². The molecular formula is C19H18N4O2. The first kappa shape index (κ1) is 15.3. The summed E-state index contributed by atoms with van der Waals surface area (Å²) in [5.74, 6) is 2.98. The number of benzene rings is 2. The number of hydrogen-bond acceptors (Lipinski definition) is 6. The molecule has 6 nitrogen and oxygen atoms in total. The molecule has 0 saturated heterocycles. The van der Waals surface area contributed by atoms with E-state index < -0.39 is 0 Å². The summed E-state index contributed by atoms with van der Waals surface area (Å²) in [5.41, 5.74) is 2.08. The predicted octanol–water partition coefficient (Wildman–Crippen LogP) is 3.60. The second-order valence-corrected chi connectivity index (χ2v) is 5.61. The molecule has 0 unspecified atom stereocenters. The van der Waals surface area contributed by atoms with Gasteiger partial charge in [0.25, 0.3) is 0 Å². The van der Waals surface area contributed by atoms with Crippen molar-refractivity contribution in [3.8, 4) is 11.5 Å². The second-order valence-electron chi connectivity index (χ2n) is 5.61. The highest BCUT2D eigenvalue weighted by Crippen LogP contribution is 2.33. The SMILES string of the molecule is c1ccc(CNc2cc(Nc3ccc4c(c3)OCCO4)ncn2)cc1. The first-order chi connectivity index (χ1) is 12.4. The molecule has 1 aromatic heterocycles. The number of anilines is 3. The summed E-state index contributed by atoms with van der Waals surface area (Å²) in [4.78, 5) is 8.53. The van der Waals surface area contributed by atoms with Crippen molar-refractivity contribution in [2.45, 2.75) is 6.54 Å². The van der Waals surface area contributed by atoms with E-state index in [4.69, 9.17) is 9.47 Å². The van der Waals surface area contributed by atoms with Crippen LogP contribution >= 0.6 is 0 Å². The highest BCUT2D eigenvalue weighted by Gasteiger charge is 2.12. The highest BCUT2D eigenvalue weighted by atomic mass is 16.6. The van der Waals surface area contributed by atoms with Crippen LogP contribution in [-0.2, 0) is 6.54 Å². The summed E-state index contributed by atoms with van der Waals surface area (Å²) < 4.78 is 11.1. The molecule has 4 rings (SSSR count). The van der Waals surface area contributed by atoms with Crippen LogP contribution in [0.3, 0.4) is 0 Å². The van der Waals surface area contributed by atoms with E-state index in [-0.39, 0.29) is 0 Å². The van der Waals surface area contributed by atoms with Crippen LogP contribution in [0.2, 0.25) is 0 Å². The normalized spacial score (nSPS) is 12.5. The Morgan fingerprint density at radius 3 is 2.52 bits per heavy atom. The van der Waals surface area contributed by atoms with Crippen molar-refractivity contribution in [1.82, 2.24) is 9.97 Å². The fourth-order valence-corrected chi connectivity index (χ4v) is 2.58. The predicted molar refractivity (Wildman–Crippen MR) is 96.5 cm³/mol. The first-order valence-corrected chi connectivity index (χ1v) is 8.13. The van der Waals surface area contributed by atoms with Gasteiger partial charge in [0.2, 0.25) is 0 Å². The lowest BCUT2D eigenvalue weighted by Crippen LogP contribution is -2.15. The van der Waals surface area contributed by atoms with Gasteiger partial charge in [0.05, 0.1) is 0 Å². The Balaban J connectivity index is 1.44. The highest BCUT2D eigenvalue weighted by molar-refractivity contribution is 5.63. The fourth-order valence-electron chi connectivity index (χ4n) is 2.58. The van der Waals surface area contributed by atoms with E-state index in [0.29, 0.717) is 25.6 Å². The van der Waals surface area contributed by atoms with Gasteiger partial charge in [0.1, 0.15) is 31.2 Å². The standard InChI is InChI=1S/C19H18N4O2/c1-2-4-14(5-3-1)12-20-18-11-19(22-13-21-18)23-15-6-7-16-17(10-15)25-9-8-24-16/h1-7,10-11,13H,8-9,12H2,(H2,20,21,22,23). The Bertz CT molecular complexity index is 855. The van der Waals surface area contributed by atoms with Crippen LogP contribution in [0, 0.1) is 0 Å². The average molecular weight is 334 g/mol. The van der Waals surface area contributed by atoms with Gasteiger partial charge in [0, 0.05) is 24.4 Å². The Morgan fingerprint density at radius 1 is 0.840 bits per heavy atom. The molecule has 2 N–H and O–H groups in total. The van der Waals surface area contributed by atoms with E-state index in [9.17, 15) is 0 Å².